The Balaban J connectivity index is 1.70. The minimum absolute atomic E-state index is 0.206. The molecule has 1 unspecified atom stereocenters. The zero-order chi connectivity index (χ0) is 23.6. The first-order valence-electron chi connectivity index (χ1n) is 10.4. The van der Waals surface area contributed by atoms with Crippen LogP contribution in [0.4, 0.5) is 0 Å². The van der Waals surface area contributed by atoms with Crippen molar-refractivity contribution >= 4 is 28.9 Å². The molecule has 0 spiro atoms. The van der Waals surface area contributed by atoms with Gasteiger partial charge in [0, 0.05) is 34.2 Å². The third kappa shape index (κ3) is 4.43. The molecule has 0 saturated carbocycles. The van der Waals surface area contributed by atoms with Crippen LogP contribution in [0.3, 0.4) is 0 Å². The van der Waals surface area contributed by atoms with Crippen LogP contribution >= 0.6 is 0 Å². The number of imidazole rings is 1. The Labute approximate surface area is 184 Å². The third-order valence-corrected chi connectivity index (χ3v) is 5.69. The molecule has 0 N–H and O–H groups in total. The molecule has 2 aromatic heterocycles. The van der Waals surface area contributed by atoms with Crippen LogP contribution in [-0.4, -0.2) is 79.6 Å². The normalized spacial score (nSPS) is 16.2. The number of aryl methyl sites for hydroxylation is 2. The first-order chi connectivity index (χ1) is 15.1. The molecule has 0 aliphatic carbocycles. The van der Waals surface area contributed by atoms with Crippen molar-refractivity contribution < 1.29 is 19.1 Å². The van der Waals surface area contributed by atoms with Gasteiger partial charge >= 0.3 is 11.7 Å². The number of rotatable bonds is 6. The van der Waals surface area contributed by atoms with Gasteiger partial charge in [-0.15, -0.1) is 0 Å². The van der Waals surface area contributed by atoms with Crippen LogP contribution in [0.2, 0.25) is 0 Å². The van der Waals surface area contributed by atoms with Crippen LogP contribution in [0, 0.1) is 5.92 Å². The Morgan fingerprint density at radius 2 is 1.97 bits per heavy atom. The molecule has 32 heavy (non-hydrogen) atoms. The van der Waals surface area contributed by atoms with Gasteiger partial charge in [-0.25, -0.2) is 14.3 Å². The highest BCUT2D eigenvalue weighted by Crippen LogP contribution is 2.18. The number of fused-ring (bicyclic) bond motifs is 1. The standard InChI is InChI=1S/C20H28N6O6/c1-5-32-19(30)13-7-6-8-25(9-13)15(28)10-22(2)14(27)11-26-18(29)16-17(21-12-23(16)3)24(4)20(26)31/h12-13H,5-11H2,1-4H3. The Hall–Kier alpha value is -3.44. The maximum absolute atomic E-state index is 12.8. The van der Waals surface area contributed by atoms with Crippen LogP contribution in [0.15, 0.2) is 15.9 Å². The van der Waals surface area contributed by atoms with E-state index in [0.717, 1.165) is 4.57 Å². The van der Waals surface area contributed by atoms with Gasteiger partial charge in [0.05, 0.1) is 25.4 Å². The Bertz CT molecular complexity index is 1160. The highest BCUT2D eigenvalue weighted by Gasteiger charge is 2.30. The largest absolute Gasteiger partial charge is 0.466 e. The van der Waals surface area contributed by atoms with Crippen molar-refractivity contribution in [2.24, 2.45) is 20.0 Å². The van der Waals surface area contributed by atoms with E-state index in [4.69, 9.17) is 4.74 Å². The second kappa shape index (κ2) is 9.37. The fourth-order valence-electron chi connectivity index (χ4n) is 3.84. The van der Waals surface area contributed by atoms with Crippen molar-refractivity contribution in [3.63, 3.8) is 0 Å². The second-order valence-corrected chi connectivity index (χ2v) is 7.94. The number of piperidine rings is 1. The van der Waals surface area contributed by atoms with Gasteiger partial charge in [0.15, 0.2) is 11.2 Å². The van der Waals surface area contributed by atoms with E-state index in [-0.39, 0.29) is 48.7 Å². The summed E-state index contributed by atoms with van der Waals surface area (Å²) in [4.78, 5) is 69.5. The van der Waals surface area contributed by atoms with Gasteiger partial charge in [-0.3, -0.25) is 23.7 Å². The highest BCUT2D eigenvalue weighted by molar-refractivity contribution is 5.85. The van der Waals surface area contributed by atoms with Crippen molar-refractivity contribution in [2.75, 3.05) is 33.3 Å². The lowest BCUT2D eigenvalue weighted by Crippen LogP contribution is -2.49. The van der Waals surface area contributed by atoms with Gasteiger partial charge in [-0.1, -0.05) is 0 Å². The Morgan fingerprint density at radius 3 is 2.66 bits per heavy atom. The molecule has 3 heterocycles. The number of likely N-dealkylation sites (N-methyl/N-ethyl adjacent to an activating group) is 1. The lowest BCUT2D eigenvalue weighted by atomic mass is 9.98. The number of ether oxygens (including phenoxy) is 1. The summed E-state index contributed by atoms with van der Waals surface area (Å²) in [6.07, 6.45) is 2.74. The summed E-state index contributed by atoms with van der Waals surface area (Å²) < 4.78 is 8.58. The summed E-state index contributed by atoms with van der Waals surface area (Å²) in [6.45, 7) is 2.03. The zero-order valence-corrected chi connectivity index (χ0v) is 18.7. The maximum Gasteiger partial charge on any atom is 0.332 e. The van der Waals surface area contributed by atoms with Gasteiger partial charge in [-0.05, 0) is 19.8 Å². The second-order valence-electron chi connectivity index (χ2n) is 7.94. The number of nitrogens with zero attached hydrogens (tertiary/aromatic N) is 6. The molecule has 1 aliphatic rings. The van der Waals surface area contributed by atoms with Gasteiger partial charge in [0.1, 0.15) is 6.54 Å². The summed E-state index contributed by atoms with van der Waals surface area (Å²) in [5, 5.41) is 0. The van der Waals surface area contributed by atoms with Gasteiger partial charge in [0.2, 0.25) is 11.8 Å². The van der Waals surface area contributed by atoms with Crippen molar-refractivity contribution in [3.05, 3.63) is 27.2 Å². The number of hydrogen-bond acceptors (Lipinski definition) is 7. The van der Waals surface area contributed by atoms with Gasteiger partial charge in [0.25, 0.3) is 5.56 Å². The van der Waals surface area contributed by atoms with E-state index >= 15 is 0 Å². The van der Waals surface area contributed by atoms with Crippen molar-refractivity contribution in [3.8, 4) is 0 Å². The van der Waals surface area contributed by atoms with E-state index in [1.54, 1.807) is 18.9 Å². The average Bonchev–Trinajstić information content (AvgIpc) is 3.16. The van der Waals surface area contributed by atoms with E-state index in [9.17, 15) is 24.0 Å². The predicted molar refractivity (Wildman–Crippen MR) is 114 cm³/mol. The van der Waals surface area contributed by atoms with Crippen LogP contribution in [0.5, 0.6) is 0 Å². The number of carbonyl (C=O) groups is 3. The molecule has 0 aromatic carbocycles. The molecule has 1 aliphatic heterocycles. The number of esters is 1. The molecule has 3 rings (SSSR count). The van der Waals surface area contributed by atoms with Gasteiger partial charge in [-0.2, -0.15) is 0 Å². The summed E-state index contributed by atoms with van der Waals surface area (Å²) in [7, 11) is 4.53. The summed E-state index contributed by atoms with van der Waals surface area (Å²) in [5.74, 6) is -1.56. The third-order valence-electron chi connectivity index (χ3n) is 5.69. The molecule has 2 amide bonds. The van der Waals surface area contributed by atoms with Gasteiger partial charge < -0.3 is 19.1 Å². The molecule has 1 saturated heterocycles. The van der Waals surface area contributed by atoms with E-state index in [1.165, 1.54) is 34.5 Å². The number of hydrogen-bond donors (Lipinski definition) is 0. The quantitative estimate of drug-likeness (QED) is 0.502. The van der Waals surface area contributed by atoms with Crippen LogP contribution in [-0.2, 0) is 39.8 Å². The summed E-state index contributed by atoms with van der Waals surface area (Å²) in [6, 6.07) is 0. The Morgan fingerprint density at radius 1 is 1.25 bits per heavy atom. The fraction of sp³-hybridized carbons (Fsp3) is 0.600. The molecule has 0 radical (unpaired) electrons. The maximum atomic E-state index is 12.8. The van der Waals surface area contributed by atoms with Crippen molar-refractivity contribution in [2.45, 2.75) is 26.3 Å². The molecular weight excluding hydrogens is 420 g/mol. The average molecular weight is 448 g/mol. The lowest BCUT2D eigenvalue weighted by Gasteiger charge is -2.32. The molecule has 2 aromatic rings. The molecule has 174 valence electrons. The summed E-state index contributed by atoms with van der Waals surface area (Å²) >= 11 is 0. The number of carbonyl (C=O) groups excluding carboxylic acids is 3. The zero-order valence-electron chi connectivity index (χ0n) is 18.7. The van der Waals surface area contributed by atoms with Crippen LogP contribution in [0.25, 0.3) is 11.2 Å². The molecular formula is C20H28N6O6. The van der Waals surface area contributed by atoms with Crippen LogP contribution in [0.1, 0.15) is 19.8 Å². The predicted octanol–water partition coefficient (Wildman–Crippen LogP) is -1.31. The first-order valence-corrected chi connectivity index (χ1v) is 10.4. The molecule has 1 fully saturated rings. The van der Waals surface area contributed by atoms with Crippen molar-refractivity contribution in [1.82, 2.24) is 28.5 Å². The highest BCUT2D eigenvalue weighted by atomic mass is 16.5. The number of aromatic nitrogens is 4. The lowest BCUT2D eigenvalue weighted by molar-refractivity contribution is -0.152. The minimum Gasteiger partial charge on any atom is -0.466 e. The topological polar surface area (TPSA) is 129 Å². The monoisotopic (exact) mass is 448 g/mol. The minimum atomic E-state index is -0.664. The molecule has 0 bridgehead atoms. The van der Waals surface area contributed by atoms with E-state index in [1.807, 2.05) is 0 Å². The SMILES string of the molecule is CCOC(=O)C1CCCN(C(=O)CN(C)C(=O)Cn2c(=O)c3c(ncn3C)n(C)c2=O)C1. The molecule has 12 nitrogen and oxygen atoms in total. The first kappa shape index (κ1) is 23.2. The van der Waals surface area contributed by atoms with Crippen molar-refractivity contribution in [1.29, 1.82) is 0 Å². The number of amides is 2. The molecule has 1 atom stereocenters. The van der Waals surface area contributed by atoms with E-state index in [0.29, 0.717) is 19.4 Å². The van der Waals surface area contributed by atoms with E-state index < -0.39 is 23.7 Å². The Kier molecular flexibility index (Phi) is 6.80. The van der Waals surface area contributed by atoms with E-state index in [2.05, 4.69) is 4.98 Å². The summed E-state index contributed by atoms with van der Waals surface area (Å²) in [5.41, 5.74) is -0.847. The fourth-order valence-corrected chi connectivity index (χ4v) is 3.84. The smallest absolute Gasteiger partial charge is 0.332 e. The van der Waals surface area contributed by atoms with Crippen LogP contribution < -0.4 is 11.2 Å². The molecule has 12 heteroatoms. The number of likely N-dealkylation sites (tertiary alicyclic amines) is 1.